The number of halogens is 1. The van der Waals surface area contributed by atoms with Crippen LogP contribution < -0.4 is 0 Å². The van der Waals surface area contributed by atoms with Crippen molar-refractivity contribution >= 4 is 33.2 Å². The zero-order valence-electron chi connectivity index (χ0n) is 11.9. The van der Waals surface area contributed by atoms with Crippen molar-refractivity contribution in [2.45, 2.75) is 19.9 Å². The van der Waals surface area contributed by atoms with Crippen LogP contribution in [0, 0.1) is 0 Å². The first-order chi connectivity index (χ1) is 10.2. The first kappa shape index (κ1) is 14.0. The Balaban J connectivity index is 2.10. The molecule has 3 aromatic rings. The van der Waals surface area contributed by atoms with E-state index in [0.29, 0.717) is 12.1 Å². The number of aryl methyl sites for hydroxylation is 2. The molecule has 0 saturated heterocycles. The van der Waals surface area contributed by atoms with Crippen molar-refractivity contribution in [1.29, 1.82) is 0 Å². The third-order valence-electron chi connectivity index (χ3n) is 3.61. The van der Waals surface area contributed by atoms with E-state index in [1.54, 1.807) is 6.20 Å². The SMILES string of the molecule is CCc1nn(C)c(Cn2cc(C=O)c3cccnc32)c1Br. The number of carbonyl (C=O) groups is 1. The molecule has 0 aliphatic heterocycles. The van der Waals surface area contributed by atoms with Gasteiger partial charge >= 0.3 is 0 Å². The highest BCUT2D eigenvalue weighted by atomic mass is 79.9. The lowest BCUT2D eigenvalue weighted by Crippen LogP contribution is -2.05. The standard InChI is InChI=1S/C15H15BrN4O/c1-3-12-14(16)13(19(2)18-12)8-20-7-10(9-21)11-5-4-6-17-15(11)20/h4-7,9H,3,8H2,1-2H3. The lowest BCUT2D eigenvalue weighted by molar-refractivity contribution is 0.112. The number of pyridine rings is 1. The van der Waals surface area contributed by atoms with Crippen molar-refractivity contribution in [3.63, 3.8) is 0 Å². The van der Waals surface area contributed by atoms with Crippen molar-refractivity contribution in [1.82, 2.24) is 19.3 Å². The molecule has 0 saturated carbocycles. The van der Waals surface area contributed by atoms with Crippen LogP contribution in [0.25, 0.3) is 11.0 Å². The van der Waals surface area contributed by atoms with E-state index in [4.69, 9.17) is 0 Å². The summed E-state index contributed by atoms with van der Waals surface area (Å²) in [6, 6.07) is 3.76. The van der Waals surface area contributed by atoms with Crippen LogP contribution >= 0.6 is 15.9 Å². The van der Waals surface area contributed by atoms with E-state index in [0.717, 1.165) is 39.6 Å². The summed E-state index contributed by atoms with van der Waals surface area (Å²) in [5, 5.41) is 5.37. The predicted octanol–water partition coefficient (Wildman–Crippen LogP) is 2.96. The van der Waals surface area contributed by atoms with Gasteiger partial charge in [0, 0.05) is 30.4 Å². The number of nitrogens with zero attached hydrogens (tertiary/aromatic N) is 4. The van der Waals surface area contributed by atoms with Crippen LogP contribution in [-0.2, 0) is 20.0 Å². The van der Waals surface area contributed by atoms with Gasteiger partial charge in [0.25, 0.3) is 0 Å². The van der Waals surface area contributed by atoms with E-state index in [1.807, 2.05) is 34.6 Å². The Kier molecular flexibility index (Phi) is 3.63. The molecule has 0 atom stereocenters. The number of rotatable bonds is 4. The van der Waals surface area contributed by atoms with Gasteiger partial charge in [-0.25, -0.2) is 4.98 Å². The van der Waals surface area contributed by atoms with Crippen LogP contribution in [0.1, 0.15) is 28.7 Å². The minimum absolute atomic E-state index is 0.617. The molecule has 0 spiro atoms. The van der Waals surface area contributed by atoms with Gasteiger partial charge in [0.05, 0.1) is 22.4 Å². The molecule has 0 aromatic carbocycles. The Morgan fingerprint density at radius 3 is 2.90 bits per heavy atom. The van der Waals surface area contributed by atoms with Crippen LogP contribution in [0.3, 0.4) is 0 Å². The number of hydrogen-bond acceptors (Lipinski definition) is 3. The zero-order valence-corrected chi connectivity index (χ0v) is 13.5. The topological polar surface area (TPSA) is 52.7 Å². The fourth-order valence-electron chi connectivity index (χ4n) is 2.52. The van der Waals surface area contributed by atoms with Crippen LogP contribution in [0.15, 0.2) is 29.0 Å². The number of aldehydes is 1. The molecule has 0 bridgehead atoms. The zero-order chi connectivity index (χ0) is 15.0. The summed E-state index contributed by atoms with van der Waals surface area (Å²) in [6.45, 7) is 2.69. The first-order valence-corrected chi connectivity index (χ1v) is 7.54. The monoisotopic (exact) mass is 346 g/mol. The van der Waals surface area contributed by atoms with E-state index in [-0.39, 0.29) is 0 Å². The molecule has 21 heavy (non-hydrogen) atoms. The van der Waals surface area contributed by atoms with Gasteiger partial charge in [-0.15, -0.1) is 0 Å². The maximum Gasteiger partial charge on any atom is 0.152 e. The molecule has 0 unspecified atom stereocenters. The fourth-order valence-corrected chi connectivity index (χ4v) is 3.26. The molecule has 0 N–H and O–H groups in total. The Morgan fingerprint density at radius 1 is 1.43 bits per heavy atom. The Morgan fingerprint density at radius 2 is 2.24 bits per heavy atom. The number of hydrogen-bond donors (Lipinski definition) is 0. The van der Waals surface area contributed by atoms with E-state index in [2.05, 4.69) is 32.9 Å². The molecule has 0 aliphatic rings. The third kappa shape index (κ3) is 2.29. The van der Waals surface area contributed by atoms with Crippen LogP contribution in [0.5, 0.6) is 0 Å². The molecule has 6 heteroatoms. The summed E-state index contributed by atoms with van der Waals surface area (Å²) in [5.74, 6) is 0. The van der Waals surface area contributed by atoms with E-state index >= 15 is 0 Å². The summed E-state index contributed by atoms with van der Waals surface area (Å²) < 4.78 is 4.89. The minimum atomic E-state index is 0.617. The molecule has 0 amide bonds. The lowest BCUT2D eigenvalue weighted by atomic mass is 10.2. The highest BCUT2D eigenvalue weighted by Crippen LogP contribution is 2.25. The maximum atomic E-state index is 11.2. The van der Waals surface area contributed by atoms with Gasteiger partial charge in [-0.05, 0) is 34.5 Å². The predicted molar refractivity (Wildman–Crippen MR) is 84.5 cm³/mol. The summed E-state index contributed by atoms with van der Waals surface area (Å²) in [4.78, 5) is 15.6. The molecule has 108 valence electrons. The number of aromatic nitrogens is 4. The molecule has 0 fully saturated rings. The Hall–Kier alpha value is -1.95. The molecule has 5 nitrogen and oxygen atoms in total. The van der Waals surface area contributed by atoms with Gasteiger partial charge in [-0.3, -0.25) is 9.48 Å². The largest absolute Gasteiger partial charge is 0.326 e. The average Bonchev–Trinajstić information content (AvgIpc) is 2.99. The molecule has 3 rings (SSSR count). The Labute approximate surface area is 130 Å². The van der Waals surface area contributed by atoms with Gasteiger partial charge in [0.2, 0.25) is 0 Å². The third-order valence-corrected chi connectivity index (χ3v) is 4.53. The quantitative estimate of drug-likeness (QED) is 0.682. The van der Waals surface area contributed by atoms with Crippen LogP contribution in [-0.4, -0.2) is 25.6 Å². The lowest BCUT2D eigenvalue weighted by Gasteiger charge is -2.06. The summed E-state index contributed by atoms with van der Waals surface area (Å²) >= 11 is 3.62. The maximum absolute atomic E-state index is 11.2. The second-order valence-corrected chi connectivity index (χ2v) is 5.68. The highest BCUT2D eigenvalue weighted by Gasteiger charge is 2.15. The summed E-state index contributed by atoms with van der Waals surface area (Å²) in [6.07, 6.45) is 5.33. The molecule has 0 aliphatic carbocycles. The molecule has 3 heterocycles. The first-order valence-electron chi connectivity index (χ1n) is 6.75. The Bertz CT molecular complexity index is 819. The highest BCUT2D eigenvalue weighted by molar-refractivity contribution is 9.10. The van der Waals surface area contributed by atoms with Crippen LogP contribution in [0.4, 0.5) is 0 Å². The van der Waals surface area contributed by atoms with Crippen molar-refractivity contribution in [3.05, 3.63) is 46.0 Å². The number of fused-ring (bicyclic) bond motifs is 1. The normalized spacial score (nSPS) is 11.2. The van der Waals surface area contributed by atoms with E-state index in [1.165, 1.54) is 0 Å². The van der Waals surface area contributed by atoms with Crippen LogP contribution in [0.2, 0.25) is 0 Å². The minimum Gasteiger partial charge on any atom is -0.326 e. The van der Waals surface area contributed by atoms with Crippen molar-refractivity contribution in [2.75, 3.05) is 0 Å². The summed E-state index contributed by atoms with van der Waals surface area (Å²) in [7, 11) is 1.93. The van der Waals surface area contributed by atoms with Crippen molar-refractivity contribution in [2.24, 2.45) is 7.05 Å². The van der Waals surface area contributed by atoms with Crippen molar-refractivity contribution < 1.29 is 4.79 Å². The fraction of sp³-hybridized carbons (Fsp3) is 0.267. The smallest absolute Gasteiger partial charge is 0.152 e. The van der Waals surface area contributed by atoms with Gasteiger partial charge in [-0.1, -0.05) is 6.92 Å². The molecular weight excluding hydrogens is 332 g/mol. The van der Waals surface area contributed by atoms with Gasteiger partial charge in [0.1, 0.15) is 5.65 Å². The molecular formula is C15H15BrN4O. The van der Waals surface area contributed by atoms with Gasteiger partial charge in [-0.2, -0.15) is 5.10 Å². The summed E-state index contributed by atoms with van der Waals surface area (Å²) in [5.41, 5.74) is 3.57. The second-order valence-electron chi connectivity index (χ2n) is 4.89. The van der Waals surface area contributed by atoms with Gasteiger partial charge < -0.3 is 4.57 Å². The van der Waals surface area contributed by atoms with E-state index in [9.17, 15) is 4.79 Å². The van der Waals surface area contributed by atoms with Gasteiger partial charge in [0.15, 0.2) is 6.29 Å². The molecule has 0 radical (unpaired) electrons. The number of carbonyl (C=O) groups excluding carboxylic acids is 1. The molecule has 3 aromatic heterocycles. The van der Waals surface area contributed by atoms with Crippen molar-refractivity contribution in [3.8, 4) is 0 Å². The second kappa shape index (κ2) is 5.44. The average molecular weight is 347 g/mol. The van der Waals surface area contributed by atoms with E-state index < -0.39 is 0 Å².